The third-order valence-corrected chi connectivity index (χ3v) is 13.8. The average Bonchev–Trinajstić information content (AvgIpc) is 3.86. The number of likely N-dealkylation sites (N-methyl/N-ethyl adjacent to an activating group) is 1. The van der Waals surface area contributed by atoms with Gasteiger partial charge in [0.2, 0.25) is 39.6 Å². The molecule has 0 radical (unpaired) electrons. The smallest absolute Gasteiger partial charge is 0.326 e. The van der Waals surface area contributed by atoms with Crippen molar-refractivity contribution >= 4 is 62.9 Å². The van der Waals surface area contributed by atoms with E-state index in [1.807, 2.05) is 25.1 Å². The molecule has 3 atom stereocenters. The summed E-state index contributed by atoms with van der Waals surface area (Å²) in [6, 6.07) is 17.7. The molecule has 0 unspecified atom stereocenters. The van der Waals surface area contributed by atoms with Gasteiger partial charge in [-0.1, -0.05) is 55.0 Å². The molecule has 3 aromatic rings. The maximum Gasteiger partial charge on any atom is 0.326 e. The summed E-state index contributed by atoms with van der Waals surface area (Å²) in [5.74, 6) is -3.30. The zero-order valence-corrected chi connectivity index (χ0v) is 41.7. The summed E-state index contributed by atoms with van der Waals surface area (Å²) in [5, 5.41) is 26.5. The van der Waals surface area contributed by atoms with E-state index in [4.69, 9.17) is 9.47 Å². The monoisotopic (exact) mass is 1010 g/mol. The number of para-hydroxylation sites is 1. The Balaban J connectivity index is 1.29. The zero-order chi connectivity index (χ0) is 51.6. The summed E-state index contributed by atoms with van der Waals surface area (Å²) in [7, 11) is -0.948. The van der Waals surface area contributed by atoms with E-state index in [0.29, 0.717) is 82.0 Å². The second-order valence-electron chi connectivity index (χ2n) is 17.2. The van der Waals surface area contributed by atoms with Crippen molar-refractivity contribution in [1.82, 2.24) is 30.5 Å². The van der Waals surface area contributed by atoms with Crippen LogP contribution in [0.2, 0.25) is 0 Å². The molecule has 1 aliphatic rings. The molecular weight excluding hydrogens is 937 g/mol. The Kier molecular flexibility index (Phi) is 24.4. The molecule has 0 spiro atoms. The Labute approximate surface area is 416 Å². The van der Waals surface area contributed by atoms with Crippen molar-refractivity contribution in [2.45, 2.75) is 107 Å². The van der Waals surface area contributed by atoms with Crippen LogP contribution < -0.4 is 31.9 Å². The molecule has 7 amide bonds. The molecule has 4 rings (SSSR count). The van der Waals surface area contributed by atoms with Crippen LogP contribution in [0.5, 0.6) is 0 Å². The van der Waals surface area contributed by atoms with Crippen molar-refractivity contribution in [1.29, 1.82) is 0 Å². The van der Waals surface area contributed by atoms with E-state index in [1.165, 1.54) is 24.1 Å². The summed E-state index contributed by atoms with van der Waals surface area (Å²) in [6.07, 6.45) is 4.14. The van der Waals surface area contributed by atoms with Crippen LogP contribution >= 0.6 is 0 Å². The van der Waals surface area contributed by atoms with Crippen molar-refractivity contribution in [3.8, 4) is 0 Å². The van der Waals surface area contributed by atoms with E-state index in [2.05, 4.69) is 31.9 Å². The highest BCUT2D eigenvalue weighted by Crippen LogP contribution is 2.26. The molecule has 71 heavy (non-hydrogen) atoms. The van der Waals surface area contributed by atoms with Gasteiger partial charge in [0.1, 0.15) is 18.1 Å². The molecule has 1 saturated heterocycles. The van der Waals surface area contributed by atoms with Gasteiger partial charge in [-0.05, 0) is 99.7 Å². The molecule has 388 valence electrons. The number of nitrogens with one attached hydrogen (secondary N) is 6. The number of methoxy groups -OCH3 is 1. The van der Waals surface area contributed by atoms with Gasteiger partial charge in [0, 0.05) is 64.6 Å². The van der Waals surface area contributed by atoms with Crippen LogP contribution in [-0.2, 0) is 54.7 Å². The molecule has 0 aliphatic carbocycles. The predicted molar refractivity (Wildman–Crippen MR) is 267 cm³/mol. The molecule has 20 nitrogen and oxygen atoms in total. The van der Waals surface area contributed by atoms with Crippen LogP contribution in [0.1, 0.15) is 81.8 Å². The number of ether oxygens (including phenoxy) is 2. The predicted octanol–water partition coefficient (Wildman–Crippen LogP) is 3.95. The summed E-state index contributed by atoms with van der Waals surface area (Å²) in [6.45, 7) is 3.83. The number of carbonyl (C=O) groups is 7. The number of benzene rings is 3. The average molecular weight is 1010 g/mol. The van der Waals surface area contributed by atoms with Gasteiger partial charge in [0.25, 0.3) is 0 Å². The normalized spacial score (nSPS) is 14.4. The van der Waals surface area contributed by atoms with Gasteiger partial charge < -0.3 is 51.4 Å². The second kappa shape index (κ2) is 30.3. The number of hydrogen-bond acceptors (Lipinski definition) is 11. The standard InChI is InChI=1S/C50H70N8O12S/c1-36-15-9-10-18-40(36)56-50(66)54-38-24-22-37(23-25-38)35-46(61)57(2)42(19-11-13-29-51-44(59)21-8-5-12-28-52-45(60)27-32-70-34-33-69-3)47(62)53-30-26-41(49(64)65)55-48(63)43-20-14-31-58(43)71(67,68)39-16-6-4-7-17-39/h4,6-7,9-10,15-18,22-25,41-43H,5,8,11-14,19-21,26-35H2,1-3H3,(H,51,59)(H,52,60)(H,53,62)(H,55,63)(H,64,65)(H2,54,56,66)/t41-,42-,43-/m0/s1. The number of anilines is 2. The first-order valence-corrected chi connectivity index (χ1v) is 25.5. The summed E-state index contributed by atoms with van der Waals surface area (Å²) in [4.78, 5) is 91.8. The van der Waals surface area contributed by atoms with Gasteiger partial charge in [-0.3, -0.25) is 24.0 Å². The third kappa shape index (κ3) is 19.7. The number of unbranched alkanes of at least 4 members (excludes halogenated alkanes) is 3. The lowest BCUT2D eigenvalue weighted by molar-refractivity contribution is -0.142. The van der Waals surface area contributed by atoms with Crippen molar-refractivity contribution in [2.24, 2.45) is 0 Å². The van der Waals surface area contributed by atoms with Gasteiger partial charge in [0.05, 0.1) is 31.1 Å². The lowest BCUT2D eigenvalue weighted by atomic mass is 10.0. The number of aryl methyl sites for hydroxylation is 1. The molecule has 0 saturated carbocycles. The van der Waals surface area contributed by atoms with Crippen molar-refractivity contribution < 1.29 is 56.6 Å². The number of amides is 7. The first kappa shape index (κ1) is 57.2. The van der Waals surface area contributed by atoms with E-state index in [-0.39, 0.29) is 67.8 Å². The molecule has 0 aromatic heterocycles. The van der Waals surface area contributed by atoms with Crippen molar-refractivity contribution in [3.05, 3.63) is 90.0 Å². The Hall–Kier alpha value is -6.42. The van der Waals surface area contributed by atoms with Gasteiger partial charge >= 0.3 is 12.0 Å². The van der Waals surface area contributed by atoms with Gasteiger partial charge in [-0.2, -0.15) is 4.31 Å². The van der Waals surface area contributed by atoms with Gasteiger partial charge in [-0.15, -0.1) is 0 Å². The first-order chi connectivity index (χ1) is 34.1. The second-order valence-corrected chi connectivity index (χ2v) is 19.1. The van der Waals surface area contributed by atoms with E-state index in [1.54, 1.807) is 55.6 Å². The number of hydrogen-bond donors (Lipinski definition) is 7. The Morgan fingerprint density at radius 2 is 1.44 bits per heavy atom. The SMILES string of the molecule is COCCOCCC(=O)NCCCCCC(=O)NCCCC[C@@H](C(=O)NCC[C@H](NC(=O)[C@@H]1CCCN1S(=O)(=O)c1ccccc1)C(=O)O)N(C)C(=O)Cc1ccc(NC(=O)Nc2ccccc2C)cc1. The van der Waals surface area contributed by atoms with Crippen LogP contribution in [0.25, 0.3) is 0 Å². The largest absolute Gasteiger partial charge is 0.480 e. The third-order valence-electron chi connectivity index (χ3n) is 11.9. The Morgan fingerprint density at radius 1 is 0.761 bits per heavy atom. The van der Waals surface area contributed by atoms with Crippen LogP contribution in [0, 0.1) is 6.92 Å². The summed E-state index contributed by atoms with van der Waals surface area (Å²) < 4.78 is 38.0. The molecule has 1 fully saturated rings. The minimum absolute atomic E-state index is 0.0187. The highest BCUT2D eigenvalue weighted by molar-refractivity contribution is 7.89. The van der Waals surface area contributed by atoms with Crippen molar-refractivity contribution in [2.75, 3.05) is 70.8 Å². The number of sulfonamides is 1. The Bertz CT molecular complexity index is 2320. The fraction of sp³-hybridized carbons (Fsp3) is 0.500. The highest BCUT2D eigenvalue weighted by Gasteiger charge is 2.40. The number of nitrogens with zero attached hydrogens (tertiary/aromatic N) is 2. The van der Waals surface area contributed by atoms with E-state index < -0.39 is 52.0 Å². The number of rotatable bonds is 31. The van der Waals surface area contributed by atoms with Crippen molar-refractivity contribution in [3.63, 3.8) is 0 Å². The number of carbonyl (C=O) groups excluding carboxylic acids is 6. The van der Waals surface area contributed by atoms with Gasteiger partial charge in [0.15, 0.2) is 0 Å². The highest BCUT2D eigenvalue weighted by atomic mass is 32.2. The fourth-order valence-corrected chi connectivity index (χ4v) is 9.45. The number of carboxylic acids is 1. The van der Waals surface area contributed by atoms with Crippen LogP contribution in [-0.4, -0.2) is 143 Å². The topological polar surface area (TPSA) is 271 Å². The number of urea groups is 1. The molecule has 1 aliphatic heterocycles. The van der Waals surface area contributed by atoms with E-state index in [9.17, 15) is 47.1 Å². The first-order valence-electron chi connectivity index (χ1n) is 24.1. The van der Waals surface area contributed by atoms with E-state index >= 15 is 0 Å². The zero-order valence-electron chi connectivity index (χ0n) is 40.9. The lowest BCUT2D eigenvalue weighted by Crippen LogP contribution is -2.52. The Morgan fingerprint density at radius 3 is 2.13 bits per heavy atom. The van der Waals surface area contributed by atoms with Crippen LogP contribution in [0.4, 0.5) is 16.2 Å². The van der Waals surface area contributed by atoms with Gasteiger partial charge in [-0.25, -0.2) is 18.0 Å². The summed E-state index contributed by atoms with van der Waals surface area (Å²) in [5.41, 5.74) is 2.68. The molecule has 0 bridgehead atoms. The maximum atomic E-state index is 13.8. The number of aliphatic carboxylic acids is 1. The van der Waals surface area contributed by atoms with Crippen LogP contribution in [0.3, 0.4) is 0 Å². The minimum Gasteiger partial charge on any atom is -0.480 e. The summed E-state index contributed by atoms with van der Waals surface area (Å²) >= 11 is 0. The maximum absolute atomic E-state index is 13.8. The molecule has 1 heterocycles. The minimum atomic E-state index is -4.03. The molecule has 21 heteroatoms. The van der Waals surface area contributed by atoms with Crippen LogP contribution in [0.15, 0.2) is 83.8 Å². The lowest BCUT2D eigenvalue weighted by Gasteiger charge is -2.28. The fourth-order valence-electron chi connectivity index (χ4n) is 7.77. The molecule has 7 N–H and O–H groups in total. The number of carboxylic acid groups (broad SMARTS) is 1. The molecular formula is C50H70N8O12S. The molecule has 3 aromatic carbocycles. The quantitative estimate of drug-likeness (QED) is 0.0452. The van der Waals surface area contributed by atoms with E-state index in [0.717, 1.165) is 22.7 Å².